The molecule has 0 spiro atoms. The van der Waals surface area contributed by atoms with Crippen molar-refractivity contribution in [2.75, 3.05) is 5.73 Å². The quantitative estimate of drug-likeness (QED) is 0.473. The number of nitrogen functional groups attached to an aromatic ring is 1. The van der Waals surface area contributed by atoms with E-state index in [2.05, 4.69) is 20.4 Å². The molecule has 0 saturated heterocycles. The molecule has 6 nitrogen and oxygen atoms in total. The largest absolute Gasteiger partial charge is 0.399 e. The molecule has 0 unspecified atom stereocenters. The molecule has 23 heavy (non-hydrogen) atoms. The van der Waals surface area contributed by atoms with Crippen molar-refractivity contribution in [2.24, 2.45) is 10.2 Å². The molecule has 0 saturated carbocycles. The molecular weight excluding hydrogens is 337 g/mol. The molecule has 0 aliphatic carbocycles. The summed E-state index contributed by atoms with van der Waals surface area (Å²) in [5, 5.41) is 14.0. The first-order valence-electron chi connectivity index (χ1n) is 6.58. The molecule has 116 valence electrons. The van der Waals surface area contributed by atoms with E-state index in [9.17, 15) is 4.79 Å². The van der Waals surface area contributed by atoms with E-state index in [4.69, 9.17) is 28.9 Å². The molecule has 3 rings (SSSR count). The molecule has 4 N–H and O–H groups in total. The molecular formula is C15H11Cl2N5O. The van der Waals surface area contributed by atoms with Gasteiger partial charge in [-0.1, -0.05) is 41.4 Å². The Hall–Kier alpha value is -2.57. The molecule has 1 heterocycles. The summed E-state index contributed by atoms with van der Waals surface area (Å²) < 4.78 is 0. The van der Waals surface area contributed by atoms with Crippen molar-refractivity contribution in [3.05, 3.63) is 62.9 Å². The minimum absolute atomic E-state index is 0.117. The second kappa shape index (κ2) is 6.28. The predicted octanol–water partition coefficient (Wildman–Crippen LogP) is 4.67. The molecule has 2 aromatic carbocycles. The summed E-state index contributed by atoms with van der Waals surface area (Å²) in [5.41, 5.74) is 7.54. The van der Waals surface area contributed by atoms with Crippen molar-refractivity contribution >= 4 is 40.3 Å². The maximum atomic E-state index is 12.0. The number of nitrogens with two attached hydrogens (primary N) is 1. The van der Waals surface area contributed by atoms with Gasteiger partial charge in [0.05, 0.1) is 15.7 Å². The number of benzene rings is 2. The zero-order valence-corrected chi connectivity index (χ0v) is 13.2. The van der Waals surface area contributed by atoms with Crippen LogP contribution in [0.3, 0.4) is 0 Å². The second-order valence-corrected chi connectivity index (χ2v) is 5.51. The molecule has 0 fully saturated rings. The summed E-state index contributed by atoms with van der Waals surface area (Å²) in [6.07, 6.45) is 0. The van der Waals surface area contributed by atoms with Crippen LogP contribution in [0.5, 0.6) is 0 Å². The van der Waals surface area contributed by atoms with Gasteiger partial charge < -0.3 is 5.73 Å². The number of nitrogens with one attached hydrogen (secondary N) is 2. The number of hydrogen-bond acceptors (Lipinski definition) is 4. The van der Waals surface area contributed by atoms with Gasteiger partial charge in [-0.15, -0.1) is 10.2 Å². The smallest absolute Gasteiger partial charge is 0.292 e. The highest BCUT2D eigenvalue weighted by atomic mass is 35.5. The number of halogens is 2. The fraction of sp³-hybridized carbons (Fsp3) is 0. The molecule has 0 aliphatic heterocycles. The monoisotopic (exact) mass is 347 g/mol. The molecule has 0 amide bonds. The van der Waals surface area contributed by atoms with Crippen molar-refractivity contribution in [1.82, 2.24) is 10.2 Å². The predicted molar refractivity (Wildman–Crippen MR) is 91.9 cm³/mol. The number of rotatable bonds is 3. The fourth-order valence-corrected chi connectivity index (χ4v) is 2.51. The van der Waals surface area contributed by atoms with E-state index in [0.29, 0.717) is 32.7 Å². The summed E-state index contributed by atoms with van der Waals surface area (Å²) in [4.78, 5) is 12.0. The Morgan fingerprint density at radius 1 is 0.913 bits per heavy atom. The van der Waals surface area contributed by atoms with E-state index in [1.807, 2.05) is 0 Å². The van der Waals surface area contributed by atoms with Gasteiger partial charge in [-0.25, -0.2) is 0 Å². The number of aromatic nitrogens is 2. The molecule has 1 aromatic heterocycles. The van der Waals surface area contributed by atoms with Crippen molar-refractivity contribution < 1.29 is 0 Å². The van der Waals surface area contributed by atoms with Crippen LogP contribution in [-0.2, 0) is 0 Å². The van der Waals surface area contributed by atoms with E-state index in [0.717, 1.165) is 0 Å². The summed E-state index contributed by atoms with van der Waals surface area (Å²) in [6, 6.07) is 12.0. The lowest BCUT2D eigenvalue weighted by molar-refractivity contribution is 1.06. The molecule has 0 atom stereocenters. The van der Waals surface area contributed by atoms with Crippen molar-refractivity contribution in [3.8, 4) is 11.3 Å². The summed E-state index contributed by atoms with van der Waals surface area (Å²) in [6.45, 7) is 0. The molecule has 0 aliphatic rings. The third-order valence-corrected chi connectivity index (χ3v) is 3.73. The first-order chi connectivity index (χ1) is 11.1. The van der Waals surface area contributed by atoms with E-state index in [1.165, 1.54) is 0 Å². The van der Waals surface area contributed by atoms with Gasteiger partial charge in [-0.3, -0.25) is 15.0 Å². The summed E-state index contributed by atoms with van der Waals surface area (Å²) >= 11 is 12.1. The van der Waals surface area contributed by atoms with Gasteiger partial charge in [0.1, 0.15) is 5.69 Å². The normalized spacial score (nSPS) is 11.2. The highest BCUT2D eigenvalue weighted by Gasteiger charge is 2.12. The lowest BCUT2D eigenvalue weighted by Gasteiger charge is -2.01. The highest BCUT2D eigenvalue weighted by Crippen LogP contribution is 2.34. The lowest BCUT2D eigenvalue weighted by Crippen LogP contribution is -1.96. The standard InChI is InChI=1S/C15H11Cl2N5O/c16-10-5-2-6-11(17)13(10)20-21-14-12(19-22-15(14)23)8-3-1-4-9(18)7-8/h1-7H,18H2,(H2,19,22,23). The summed E-state index contributed by atoms with van der Waals surface area (Å²) in [7, 11) is 0. The average molecular weight is 348 g/mol. The molecule has 0 bridgehead atoms. The van der Waals surface area contributed by atoms with Gasteiger partial charge in [-0.05, 0) is 24.3 Å². The van der Waals surface area contributed by atoms with Crippen LogP contribution in [0, 0.1) is 0 Å². The van der Waals surface area contributed by atoms with Gasteiger partial charge in [0.15, 0.2) is 5.69 Å². The third-order valence-electron chi connectivity index (χ3n) is 3.12. The van der Waals surface area contributed by atoms with Crippen LogP contribution < -0.4 is 11.3 Å². The first-order valence-corrected chi connectivity index (χ1v) is 7.34. The Morgan fingerprint density at radius 2 is 1.57 bits per heavy atom. The van der Waals surface area contributed by atoms with E-state index in [1.54, 1.807) is 42.5 Å². The van der Waals surface area contributed by atoms with E-state index < -0.39 is 5.56 Å². The molecule has 8 heteroatoms. The van der Waals surface area contributed by atoms with Crippen molar-refractivity contribution in [3.63, 3.8) is 0 Å². The maximum absolute atomic E-state index is 12.0. The van der Waals surface area contributed by atoms with Crippen LogP contribution in [0.15, 0.2) is 57.5 Å². The van der Waals surface area contributed by atoms with Crippen LogP contribution in [-0.4, -0.2) is 10.2 Å². The molecule has 0 radical (unpaired) electrons. The Morgan fingerprint density at radius 3 is 2.26 bits per heavy atom. The fourth-order valence-electron chi connectivity index (χ4n) is 2.03. The van der Waals surface area contributed by atoms with Crippen LogP contribution in [0.4, 0.5) is 17.1 Å². The number of H-pyrrole nitrogens is 2. The number of hydrogen-bond donors (Lipinski definition) is 3. The summed E-state index contributed by atoms with van der Waals surface area (Å²) in [5.74, 6) is 0. The highest BCUT2D eigenvalue weighted by molar-refractivity contribution is 6.38. The van der Waals surface area contributed by atoms with Crippen molar-refractivity contribution in [1.29, 1.82) is 0 Å². The van der Waals surface area contributed by atoms with Crippen LogP contribution >= 0.6 is 23.2 Å². The van der Waals surface area contributed by atoms with Crippen molar-refractivity contribution in [2.45, 2.75) is 0 Å². The Balaban J connectivity index is 2.06. The third kappa shape index (κ3) is 3.13. The Labute approximate surface area is 140 Å². The molecule has 3 aromatic rings. The van der Waals surface area contributed by atoms with Crippen LogP contribution in [0.25, 0.3) is 11.3 Å². The average Bonchev–Trinajstić information content (AvgIpc) is 2.88. The zero-order chi connectivity index (χ0) is 16.4. The number of anilines is 1. The second-order valence-electron chi connectivity index (χ2n) is 4.70. The lowest BCUT2D eigenvalue weighted by atomic mass is 10.1. The van der Waals surface area contributed by atoms with Gasteiger partial charge in [0.2, 0.25) is 0 Å². The van der Waals surface area contributed by atoms with E-state index in [-0.39, 0.29) is 5.69 Å². The number of azo groups is 1. The minimum atomic E-state index is -0.408. The number of aromatic amines is 2. The number of nitrogens with zero attached hydrogens (tertiary/aromatic N) is 2. The maximum Gasteiger partial charge on any atom is 0.292 e. The Bertz CT molecular complexity index is 925. The topological polar surface area (TPSA) is 99.4 Å². The van der Waals surface area contributed by atoms with Crippen LogP contribution in [0.1, 0.15) is 0 Å². The SMILES string of the molecule is Nc1cccc(-c2[nH][nH]c(=O)c2N=Nc2c(Cl)cccc2Cl)c1. The minimum Gasteiger partial charge on any atom is -0.399 e. The van der Waals surface area contributed by atoms with Gasteiger partial charge in [0.25, 0.3) is 5.56 Å². The first kappa shape index (κ1) is 15.3. The zero-order valence-electron chi connectivity index (χ0n) is 11.7. The van der Waals surface area contributed by atoms with Gasteiger partial charge in [-0.2, -0.15) is 0 Å². The Kier molecular flexibility index (Phi) is 4.18. The van der Waals surface area contributed by atoms with Gasteiger partial charge in [0, 0.05) is 11.3 Å². The van der Waals surface area contributed by atoms with E-state index >= 15 is 0 Å². The van der Waals surface area contributed by atoms with Gasteiger partial charge >= 0.3 is 0 Å². The van der Waals surface area contributed by atoms with Crippen LogP contribution in [0.2, 0.25) is 10.0 Å².